The molecule has 0 heterocycles. The van der Waals surface area contributed by atoms with Gasteiger partial charge in [0.05, 0.1) is 6.04 Å². The predicted molar refractivity (Wildman–Crippen MR) is 123 cm³/mol. The predicted octanol–water partition coefficient (Wildman–Crippen LogP) is 4.04. The lowest BCUT2D eigenvalue weighted by atomic mass is 10.0. The second-order valence-electron chi connectivity index (χ2n) is 7.38. The molecule has 7 nitrogen and oxygen atoms in total. The number of ketones is 1. The SMILES string of the molecule is C/C=C(/CC)N=C(C)[C@H](Cc1ccc(NS(=O)O)cc1)NC(=O)CCC(=O)C(C)C. The minimum atomic E-state index is -2.13. The van der Waals surface area contributed by atoms with Crippen LogP contribution in [0.5, 0.6) is 0 Å². The summed E-state index contributed by atoms with van der Waals surface area (Å²) in [5, 5.41) is 3.01. The normalized spacial score (nSPS) is 14.4. The van der Waals surface area contributed by atoms with Crippen LogP contribution in [0.15, 0.2) is 41.0 Å². The minimum absolute atomic E-state index is 0.0682. The summed E-state index contributed by atoms with van der Waals surface area (Å²) in [7, 11) is 0. The van der Waals surface area contributed by atoms with E-state index in [1.165, 1.54) is 0 Å². The van der Waals surface area contributed by atoms with E-state index in [4.69, 9.17) is 4.55 Å². The van der Waals surface area contributed by atoms with Crippen LogP contribution in [0, 0.1) is 5.92 Å². The Hall–Kier alpha value is -2.32. The summed E-state index contributed by atoms with van der Waals surface area (Å²) in [6.07, 6.45) is 3.62. The van der Waals surface area contributed by atoms with Crippen molar-refractivity contribution >= 4 is 34.4 Å². The third kappa shape index (κ3) is 9.45. The number of carbonyl (C=O) groups is 2. The molecule has 0 aliphatic rings. The highest BCUT2D eigenvalue weighted by Crippen LogP contribution is 2.14. The molecule has 1 rings (SSSR count). The molecule has 0 aliphatic heterocycles. The van der Waals surface area contributed by atoms with Gasteiger partial charge in [-0.25, -0.2) is 4.21 Å². The van der Waals surface area contributed by atoms with E-state index in [9.17, 15) is 13.8 Å². The molecule has 1 aromatic carbocycles. The zero-order chi connectivity index (χ0) is 22.7. The molecule has 30 heavy (non-hydrogen) atoms. The van der Waals surface area contributed by atoms with Crippen molar-refractivity contribution in [2.75, 3.05) is 4.72 Å². The highest BCUT2D eigenvalue weighted by Gasteiger charge is 2.18. The number of aliphatic imine (C=N–C) groups is 1. The van der Waals surface area contributed by atoms with Gasteiger partial charge in [-0.1, -0.05) is 39.0 Å². The Morgan fingerprint density at radius 2 is 1.83 bits per heavy atom. The van der Waals surface area contributed by atoms with Crippen LogP contribution in [0.1, 0.15) is 59.4 Å². The Morgan fingerprint density at radius 1 is 1.20 bits per heavy atom. The van der Waals surface area contributed by atoms with Gasteiger partial charge in [-0.3, -0.25) is 23.9 Å². The van der Waals surface area contributed by atoms with E-state index in [1.54, 1.807) is 12.1 Å². The molecule has 0 aliphatic carbocycles. The number of nitrogens with one attached hydrogen (secondary N) is 2. The van der Waals surface area contributed by atoms with E-state index >= 15 is 0 Å². The average Bonchev–Trinajstić information content (AvgIpc) is 2.70. The number of benzene rings is 1. The first-order chi connectivity index (χ1) is 14.2. The van der Waals surface area contributed by atoms with Crippen LogP contribution in [0.25, 0.3) is 0 Å². The van der Waals surface area contributed by atoms with Crippen molar-refractivity contribution in [1.82, 2.24) is 5.32 Å². The van der Waals surface area contributed by atoms with Gasteiger partial charge in [-0.05, 0) is 44.4 Å². The molecule has 0 spiro atoms. The van der Waals surface area contributed by atoms with E-state index in [0.717, 1.165) is 23.4 Å². The second-order valence-corrected chi connectivity index (χ2v) is 8.08. The Balaban J connectivity index is 2.96. The molecule has 0 saturated heterocycles. The van der Waals surface area contributed by atoms with Crippen molar-refractivity contribution in [2.24, 2.45) is 10.9 Å². The standard InChI is InChI=1S/C22H33N3O4S/c1-6-18(7-2)23-16(5)20(24-22(27)13-12-21(26)15(3)4)14-17-8-10-19(11-9-17)25-30(28)29/h6,8-11,15,20,25H,7,12-14H2,1-5H3,(H,24,27)(H,28,29)/b18-6-,23-16?/t20-/m0/s1. The maximum absolute atomic E-state index is 12.5. The molecule has 1 unspecified atom stereocenters. The quantitative estimate of drug-likeness (QED) is 0.340. The van der Waals surface area contributed by atoms with Gasteiger partial charge in [0, 0.05) is 35.9 Å². The van der Waals surface area contributed by atoms with Gasteiger partial charge in [-0.15, -0.1) is 0 Å². The zero-order valence-electron chi connectivity index (χ0n) is 18.4. The molecule has 0 bridgehead atoms. The third-order valence-corrected chi connectivity index (χ3v) is 5.11. The summed E-state index contributed by atoms with van der Waals surface area (Å²) >= 11 is -2.13. The molecule has 1 amide bonds. The van der Waals surface area contributed by atoms with E-state index < -0.39 is 11.3 Å². The molecule has 0 aromatic heterocycles. The molecule has 1 aromatic rings. The Morgan fingerprint density at radius 3 is 2.33 bits per heavy atom. The van der Waals surface area contributed by atoms with Crippen molar-refractivity contribution < 1.29 is 18.4 Å². The van der Waals surface area contributed by atoms with Gasteiger partial charge in [0.15, 0.2) is 0 Å². The van der Waals surface area contributed by atoms with Crippen LogP contribution < -0.4 is 10.0 Å². The lowest BCUT2D eigenvalue weighted by molar-refractivity contribution is -0.127. The van der Waals surface area contributed by atoms with Gasteiger partial charge in [0.25, 0.3) is 11.3 Å². The van der Waals surface area contributed by atoms with Crippen molar-refractivity contribution in [1.29, 1.82) is 0 Å². The topological polar surface area (TPSA) is 108 Å². The van der Waals surface area contributed by atoms with Crippen LogP contribution >= 0.6 is 0 Å². The highest BCUT2D eigenvalue weighted by molar-refractivity contribution is 7.80. The van der Waals surface area contributed by atoms with Crippen LogP contribution in [0.4, 0.5) is 5.69 Å². The van der Waals surface area contributed by atoms with Crippen molar-refractivity contribution in [3.05, 3.63) is 41.6 Å². The number of hydrogen-bond donors (Lipinski definition) is 3. The molecular formula is C22H33N3O4S. The summed E-state index contributed by atoms with van der Waals surface area (Å²) in [6.45, 7) is 9.49. The maximum Gasteiger partial charge on any atom is 0.259 e. The van der Waals surface area contributed by atoms with Gasteiger partial charge in [0.1, 0.15) is 5.78 Å². The molecule has 2 atom stereocenters. The average molecular weight is 436 g/mol. The maximum atomic E-state index is 12.5. The number of rotatable bonds is 12. The fourth-order valence-corrected chi connectivity index (χ4v) is 3.13. The van der Waals surface area contributed by atoms with Crippen LogP contribution in [0.2, 0.25) is 0 Å². The number of Topliss-reactive ketones (excluding diaryl/α,β-unsaturated/α-hetero) is 1. The number of allylic oxidation sites excluding steroid dienone is 2. The molecule has 8 heteroatoms. The first-order valence-electron chi connectivity index (χ1n) is 10.1. The van der Waals surface area contributed by atoms with E-state index in [-0.39, 0.29) is 36.5 Å². The van der Waals surface area contributed by atoms with Crippen molar-refractivity contribution in [3.63, 3.8) is 0 Å². The van der Waals surface area contributed by atoms with Gasteiger partial charge in [-0.2, -0.15) is 0 Å². The lowest BCUT2D eigenvalue weighted by Crippen LogP contribution is -2.41. The fourth-order valence-electron chi connectivity index (χ4n) is 2.79. The number of hydrogen-bond acceptors (Lipinski definition) is 4. The smallest absolute Gasteiger partial charge is 0.259 e. The first kappa shape index (κ1) is 25.7. The summed E-state index contributed by atoms with van der Waals surface area (Å²) in [5.74, 6) is -0.200. The van der Waals surface area contributed by atoms with Crippen LogP contribution in [-0.2, 0) is 27.3 Å². The lowest BCUT2D eigenvalue weighted by Gasteiger charge is -2.20. The molecular weight excluding hydrogens is 402 g/mol. The number of amides is 1. The monoisotopic (exact) mass is 435 g/mol. The number of anilines is 1. The largest absolute Gasteiger partial charge is 0.348 e. The third-order valence-electron chi connectivity index (χ3n) is 4.70. The molecule has 166 valence electrons. The molecule has 0 radical (unpaired) electrons. The second kappa shape index (κ2) is 13.1. The first-order valence-corrected chi connectivity index (χ1v) is 11.3. The highest BCUT2D eigenvalue weighted by atomic mass is 32.2. The van der Waals surface area contributed by atoms with Crippen LogP contribution in [-0.4, -0.2) is 32.2 Å². The molecule has 3 N–H and O–H groups in total. The van der Waals surface area contributed by atoms with E-state index in [1.807, 2.05) is 52.8 Å². The Kier molecular flexibility index (Phi) is 11.2. The zero-order valence-corrected chi connectivity index (χ0v) is 19.2. The summed E-state index contributed by atoms with van der Waals surface area (Å²) in [4.78, 5) is 29.0. The summed E-state index contributed by atoms with van der Waals surface area (Å²) < 4.78 is 22.2. The van der Waals surface area contributed by atoms with E-state index in [2.05, 4.69) is 15.0 Å². The minimum Gasteiger partial charge on any atom is -0.348 e. The number of nitrogens with zero attached hydrogens (tertiary/aromatic N) is 1. The Labute approximate surface area is 181 Å². The van der Waals surface area contributed by atoms with Gasteiger partial charge >= 0.3 is 0 Å². The van der Waals surface area contributed by atoms with Crippen molar-refractivity contribution in [2.45, 2.75) is 66.3 Å². The number of carbonyl (C=O) groups excluding carboxylic acids is 2. The Bertz CT molecular complexity index is 801. The van der Waals surface area contributed by atoms with Crippen LogP contribution in [0.3, 0.4) is 0 Å². The molecule has 0 saturated carbocycles. The fraction of sp³-hybridized carbons (Fsp3) is 0.500. The van der Waals surface area contributed by atoms with Crippen molar-refractivity contribution in [3.8, 4) is 0 Å². The molecule has 0 fully saturated rings. The van der Waals surface area contributed by atoms with Gasteiger partial charge in [0.2, 0.25) is 5.91 Å². The summed E-state index contributed by atoms with van der Waals surface area (Å²) in [6, 6.07) is 6.76. The van der Waals surface area contributed by atoms with Gasteiger partial charge < -0.3 is 5.32 Å². The van der Waals surface area contributed by atoms with E-state index in [0.29, 0.717) is 12.1 Å². The summed E-state index contributed by atoms with van der Waals surface area (Å²) in [5.41, 5.74) is 3.19.